The molecule has 41 heavy (non-hydrogen) atoms. The summed E-state index contributed by atoms with van der Waals surface area (Å²) in [5.41, 5.74) is 0.927. The van der Waals surface area contributed by atoms with E-state index in [0.29, 0.717) is 10.8 Å². The molecule has 218 valence electrons. The third kappa shape index (κ3) is 7.52. The highest BCUT2D eigenvalue weighted by Crippen LogP contribution is 2.32. The van der Waals surface area contributed by atoms with Gasteiger partial charge in [0.25, 0.3) is 10.0 Å². The second-order valence-electron chi connectivity index (χ2n) is 9.96. The lowest BCUT2D eigenvalue weighted by molar-refractivity contribution is -0.139. The van der Waals surface area contributed by atoms with Crippen molar-refractivity contribution in [2.24, 2.45) is 0 Å². The topological polar surface area (TPSA) is 96.0 Å². The molecule has 1 saturated carbocycles. The number of benzene rings is 3. The number of methoxy groups -OCH3 is 1. The third-order valence-electron chi connectivity index (χ3n) is 7.17. The fraction of sp³-hybridized carbons (Fsp3) is 0.333. The van der Waals surface area contributed by atoms with E-state index in [1.807, 2.05) is 0 Å². The number of carbonyl (C=O) groups excluding carboxylic acids is 2. The quantitative estimate of drug-likeness (QED) is 0.299. The Labute approximate surface area is 251 Å². The maximum atomic E-state index is 14.0. The largest absolute Gasteiger partial charge is 0.495 e. The van der Waals surface area contributed by atoms with Crippen molar-refractivity contribution in [3.8, 4) is 5.75 Å². The minimum atomic E-state index is -4.19. The van der Waals surface area contributed by atoms with E-state index in [1.165, 1.54) is 36.3 Å². The van der Waals surface area contributed by atoms with Crippen LogP contribution >= 0.6 is 23.2 Å². The molecule has 11 heteroatoms. The zero-order valence-corrected chi connectivity index (χ0v) is 25.3. The normalized spacial score (nSPS) is 14.3. The molecule has 0 radical (unpaired) electrons. The molecule has 1 aliphatic rings. The Hall–Kier alpha value is -3.27. The van der Waals surface area contributed by atoms with Crippen molar-refractivity contribution in [3.63, 3.8) is 0 Å². The summed E-state index contributed by atoms with van der Waals surface area (Å²) in [6.45, 7) is 1.17. The Kier molecular flexibility index (Phi) is 10.2. The molecule has 0 saturated heterocycles. The number of hydrogen-bond donors (Lipinski definition) is 1. The molecule has 0 aliphatic heterocycles. The van der Waals surface area contributed by atoms with Crippen molar-refractivity contribution in [1.29, 1.82) is 0 Å². The number of halogens is 2. The molecule has 1 N–H and O–H groups in total. The summed E-state index contributed by atoms with van der Waals surface area (Å²) in [6.07, 6.45) is 3.88. The highest BCUT2D eigenvalue weighted by atomic mass is 35.5. The first-order valence-corrected chi connectivity index (χ1v) is 15.6. The second-order valence-corrected chi connectivity index (χ2v) is 12.7. The van der Waals surface area contributed by atoms with Crippen LogP contribution in [0.5, 0.6) is 5.75 Å². The van der Waals surface area contributed by atoms with Crippen molar-refractivity contribution < 1.29 is 22.7 Å². The van der Waals surface area contributed by atoms with Crippen LogP contribution in [0.15, 0.2) is 77.7 Å². The summed E-state index contributed by atoms with van der Waals surface area (Å²) in [7, 11) is -2.74. The summed E-state index contributed by atoms with van der Waals surface area (Å²) >= 11 is 12.4. The van der Waals surface area contributed by atoms with Gasteiger partial charge in [-0.25, -0.2) is 8.42 Å². The minimum absolute atomic E-state index is 0.0102. The fourth-order valence-electron chi connectivity index (χ4n) is 4.82. The molecule has 3 aromatic rings. The Morgan fingerprint density at radius 3 is 2.27 bits per heavy atom. The molecule has 1 fully saturated rings. The highest BCUT2D eigenvalue weighted by molar-refractivity contribution is 7.92. The van der Waals surface area contributed by atoms with Gasteiger partial charge in [-0.15, -0.1) is 0 Å². The van der Waals surface area contributed by atoms with Crippen LogP contribution < -0.4 is 14.4 Å². The average Bonchev–Trinajstić information content (AvgIpc) is 3.48. The molecular formula is C30H33Cl2N3O5S. The predicted molar refractivity (Wildman–Crippen MR) is 161 cm³/mol. The van der Waals surface area contributed by atoms with E-state index in [2.05, 4.69) is 5.32 Å². The Balaban J connectivity index is 1.70. The molecule has 0 heterocycles. The highest BCUT2D eigenvalue weighted by Gasteiger charge is 2.33. The lowest BCUT2D eigenvalue weighted by Crippen LogP contribution is -2.52. The number of hydrogen-bond acceptors (Lipinski definition) is 5. The molecule has 0 unspecified atom stereocenters. The van der Waals surface area contributed by atoms with Crippen LogP contribution in [-0.4, -0.2) is 50.9 Å². The van der Waals surface area contributed by atoms with E-state index < -0.39 is 28.5 Å². The maximum absolute atomic E-state index is 14.0. The number of nitrogens with zero attached hydrogens (tertiary/aromatic N) is 2. The second kappa shape index (κ2) is 13.6. The van der Waals surface area contributed by atoms with Gasteiger partial charge < -0.3 is 15.0 Å². The van der Waals surface area contributed by atoms with Crippen molar-refractivity contribution in [3.05, 3.63) is 88.4 Å². The summed E-state index contributed by atoms with van der Waals surface area (Å²) < 4.78 is 34.0. The monoisotopic (exact) mass is 617 g/mol. The molecule has 0 aromatic heterocycles. The van der Waals surface area contributed by atoms with Gasteiger partial charge in [0.2, 0.25) is 11.8 Å². The summed E-state index contributed by atoms with van der Waals surface area (Å²) in [5.74, 6) is -0.481. The van der Waals surface area contributed by atoms with Crippen LogP contribution in [0.4, 0.5) is 5.69 Å². The first kappa shape index (κ1) is 30.7. The molecule has 8 nitrogen and oxygen atoms in total. The summed E-state index contributed by atoms with van der Waals surface area (Å²) in [5, 5.41) is 3.78. The molecule has 0 spiro atoms. The van der Waals surface area contributed by atoms with Gasteiger partial charge in [-0.1, -0.05) is 66.4 Å². The Bertz CT molecular complexity index is 1460. The molecule has 4 rings (SSSR count). The standard InChI is InChI=1S/C30H33Cl2N3O5S/c1-21(30(37)33-24-8-6-7-9-24)34(19-22-12-14-23(31)15-13-22)29(36)20-35(25-16-17-28(40-2)27(32)18-25)41(38,39)26-10-4-3-5-11-26/h3-5,10-18,21,24H,6-9,19-20H2,1-2H3,(H,33,37)/t21-/m1/s1. The predicted octanol–water partition coefficient (Wildman–Crippen LogP) is 5.67. The average molecular weight is 619 g/mol. The third-order valence-corrected chi connectivity index (χ3v) is 9.50. The molecule has 1 aliphatic carbocycles. The van der Waals surface area contributed by atoms with Crippen LogP contribution in [0.3, 0.4) is 0 Å². The number of nitrogens with one attached hydrogen (secondary N) is 1. The van der Waals surface area contributed by atoms with Crippen LogP contribution in [0.1, 0.15) is 38.2 Å². The number of sulfonamides is 1. The lowest BCUT2D eigenvalue weighted by Gasteiger charge is -2.32. The van der Waals surface area contributed by atoms with E-state index in [4.69, 9.17) is 27.9 Å². The lowest BCUT2D eigenvalue weighted by atomic mass is 10.1. The van der Waals surface area contributed by atoms with E-state index in [-0.39, 0.29) is 34.1 Å². The minimum Gasteiger partial charge on any atom is -0.495 e. The number of amides is 2. The first-order chi connectivity index (χ1) is 19.6. The SMILES string of the molecule is COc1ccc(N(CC(=O)N(Cc2ccc(Cl)cc2)[C@H](C)C(=O)NC2CCCC2)S(=O)(=O)c2ccccc2)cc1Cl. The number of carbonyl (C=O) groups is 2. The van der Waals surface area contributed by atoms with E-state index >= 15 is 0 Å². The number of rotatable bonds is 11. The van der Waals surface area contributed by atoms with Gasteiger partial charge in [-0.3, -0.25) is 13.9 Å². The van der Waals surface area contributed by atoms with Gasteiger partial charge in [-0.05, 0) is 67.8 Å². The first-order valence-electron chi connectivity index (χ1n) is 13.4. The van der Waals surface area contributed by atoms with Crippen LogP contribution in [0.25, 0.3) is 0 Å². The van der Waals surface area contributed by atoms with Gasteiger partial charge in [0.15, 0.2) is 0 Å². The fourth-order valence-corrected chi connectivity index (χ4v) is 6.62. The zero-order chi connectivity index (χ0) is 29.6. The Morgan fingerprint density at radius 1 is 1.00 bits per heavy atom. The summed E-state index contributed by atoms with van der Waals surface area (Å²) in [4.78, 5) is 28.7. The molecule has 3 aromatic carbocycles. The molecule has 2 amide bonds. The van der Waals surface area contributed by atoms with Crippen LogP contribution in [0, 0.1) is 0 Å². The smallest absolute Gasteiger partial charge is 0.264 e. The van der Waals surface area contributed by atoms with Crippen molar-refractivity contribution >= 4 is 50.7 Å². The van der Waals surface area contributed by atoms with Crippen LogP contribution in [0.2, 0.25) is 10.0 Å². The summed E-state index contributed by atoms with van der Waals surface area (Å²) in [6, 6.07) is 18.5. The van der Waals surface area contributed by atoms with E-state index in [0.717, 1.165) is 35.6 Å². The Morgan fingerprint density at radius 2 is 1.66 bits per heavy atom. The molecule has 1 atom stereocenters. The van der Waals surface area contributed by atoms with Crippen molar-refractivity contribution in [1.82, 2.24) is 10.2 Å². The zero-order valence-electron chi connectivity index (χ0n) is 22.9. The molecule has 0 bridgehead atoms. The van der Waals surface area contributed by atoms with Gasteiger partial charge in [0, 0.05) is 17.6 Å². The van der Waals surface area contributed by atoms with E-state index in [1.54, 1.807) is 55.5 Å². The van der Waals surface area contributed by atoms with Gasteiger partial charge in [0.1, 0.15) is 18.3 Å². The number of anilines is 1. The number of ether oxygens (including phenoxy) is 1. The van der Waals surface area contributed by atoms with Gasteiger partial charge >= 0.3 is 0 Å². The van der Waals surface area contributed by atoms with Gasteiger partial charge in [0.05, 0.1) is 22.7 Å². The van der Waals surface area contributed by atoms with Crippen molar-refractivity contribution in [2.45, 2.75) is 56.1 Å². The van der Waals surface area contributed by atoms with E-state index in [9.17, 15) is 18.0 Å². The van der Waals surface area contributed by atoms with Crippen LogP contribution in [-0.2, 0) is 26.2 Å². The van der Waals surface area contributed by atoms with Crippen molar-refractivity contribution in [2.75, 3.05) is 18.0 Å². The molecular weight excluding hydrogens is 585 g/mol. The van der Waals surface area contributed by atoms with Gasteiger partial charge in [-0.2, -0.15) is 0 Å². The maximum Gasteiger partial charge on any atom is 0.264 e.